The van der Waals surface area contributed by atoms with Gasteiger partial charge in [0, 0.05) is 13.0 Å². The van der Waals surface area contributed by atoms with Crippen LogP contribution >= 0.6 is 11.3 Å². The van der Waals surface area contributed by atoms with Gasteiger partial charge in [-0.3, -0.25) is 9.69 Å². The van der Waals surface area contributed by atoms with Crippen LogP contribution in [0.25, 0.3) is 10.2 Å². The smallest absolute Gasteiger partial charge is 0.228 e. The minimum Gasteiger partial charge on any atom is -0.494 e. The van der Waals surface area contributed by atoms with Crippen molar-refractivity contribution in [3.63, 3.8) is 0 Å². The summed E-state index contributed by atoms with van der Waals surface area (Å²) in [6, 6.07) is 14.1. The molecule has 1 amide bonds. The number of benzene rings is 2. The molecule has 0 fully saturated rings. The third kappa shape index (κ3) is 6.99. The Kier molecular flexibility index (Phi) is 8.82. The molecule has 0 saturated carbocycles. The molecule has 0 unspecified atom stereocenters. The maximum absolute atomic E-state index is 13.1. The van der Waals surface area contributed by atoms with Crippen molar-refractivity contribution in [2.75, 3.05) is 44.4 Å². The number of nitrogens with zero attached hydrogens (tertiary/aromatic N) is 3. The standard InChI is InChI=1S/C24H31N3O4S2/c1-4-31-19-13-14-21-22(18-19)32-24(25-21)27(16-9-15-26(2)3)23(28)12-8-17-33(29,30)20-10-6-5-7-11-20/h5-7,10-11,13-14,18H,4,8-9,12,15-17H2,1-3H3. The van der Waals surface area contributed by atoms with Crippen molar-refractivity contribution in [1.29, 1.82) is 0 Å². The van der Waals surface area contributed by atoms with Gasteiger partial charge in [-0.15, -0.1) is 0 Å². The minimum atomic E-state index is -3.41. The van der Waals surface area contributed by atoms with Gasteiger partial charge >= 0.3 is 0 Å². The second kappa shape index (κ2) is 11.6. The van der Waals surface area contributed by atoms with Gasteiger partial charge in [0.05, 0.1) is 27.5 Å². The number of hydrogen-bond acceptors (Lipinski definition) is 7. The minimum absolute atomic E-state index is 0.0636. The lowest BCUT2D eigenvalue weighted by atomic mass is 10.3. The SMILES string of the molecule is CCOc1ccc2nc(N(CCCN(C)C)C(=O)CCCS(=O)(=O)c3ccccc3)sc2c1. The number of ether oxygens (including phenoxy) is 1. The topological polar surface area (TPSA) is 79.8 Å². The first-order chi connectivity index (χ1) is 15.8. The highest BCUT2D eigenvalue weighted by atomic mass is 32.2. The summed E-state index contributed by atoms with van der Waals surface area (Å²) >= 11 is 1.45. The fourth-order valence-electron chi connectivity index (χ4n) is 3.43. The van der Waals surface area contributed by atoms with Gasteiger partial charge in [-0.25, -0.2) is 13.4 Å². The zero-order valence-corrected chi connectivity index (χ0v) is 21.0. The first kappa shape index (κ1) is 25.1. The number of fused-ring (bicyclic) bond motifs is 1. The van der Waals surface area contributed by atoms with Gasteiger partial charge in [-0.1, -0.05) is 29.5 Å². The van der Waals surface area contributed by atoms with Crippen molar-refractivity contribution < 1.29 is 17.9 Å². The molecule has 1 heterocycles. The molecular formula is C24H31N3O4S2. The number of rotatable bonds is 12. The molecule has 7 nitrogen and oxygen atoms in total. The maximum atomic E-state index is 13.1. The number of hydrogen-bond donors (Lipinski definition) is 0. The summed E-state index contributed by atoms with van der Waals surface area (Å²) in [5.41, 5.74) is 0.815. The molecule has 0 N–H and O–H groups in total. The molecule has 0 saturated heterocycles. The van der Waals surface area contributed by atoms with Crippen LogP contribution in [0.5, 0.6) is 5.75 Å². The van der Waals surface area contributed by atoms with Crippen LogP contribution in [0, 0.1) is 0 Å². The fourth-order valence-corrected chi connectivity index (χ4v) is 5.80. The molecule has 3 rings (SSSR count). The number of sulfone groups is 1. The summed E-state index contributed by atoms with van der Waals surface area (Å²) in [6.07, 6.45) is 1.20. The van der Waals surface area contributed by atoms with Gasteiger partial charge in [0.25, 0.3) is 0 Å². The van der Waals surface area contributed by atoms with E-state index in [9.17, 15) is 13.2 Å². The zero-order valence-electron chi connectivity index (χ0n) is 19.4. The molecular weight excluding hydrogens is 458 g/mol. The van der Waals surface area contributed by atoms with Gasteiger partial charge in [-0.2, -0.15) is 0 Å². The molecule has 2 aromatic carbocycles. The van der Waals surface area contributed by atoms with Crippen LogP contribution in [-0.2, 0) is 14.6 Å². The highest BCUT2D eigenvalue weighted by Gasteiger charge is 2.21. The first-order valence-corrected chi connectivity index (χ1v) is 13.5. The summed E-state index contributed by atoms with van der Waals surface area (Å²) < 4.78 is 31.6. The second-order valence-corrected chi connectivity index (χ2v) is 11.1. The number of carbonyl (C=O) groups is 1. The lowest BCUT2D eigenvalue weighted by Gasteiger charge is -2.21. The molecule has 178 valence electrons. The third-order valence-corrected chi connectivity index (χ3v) is 7.94. The lowest BCUT2D eigenvalue weighted by Crippen LogP contribution is -2.33. The number of thiazole rings is 1. The molecule has 0 radical (unpaired) electrons. The molecule has 1 aromatic heterocycles. The quantitative estimate of drug-likeness (QED) is 0.379. The number of amides is 1. The molecule has 0 aliphatic heterocycles. The van der Waals surface area contributed by atoms with Crippen molar-refractivity contribution in [2.24, 2.45) is 0 Å². The average Bonchev–Trinajstić information content (AvgIpc) is 3.20. The van der Waals surface area contributed by atoms with Gasteiger partial charge in [0.1, 0.15) is 5.75 Å². The van der Waals surface area contributed by atoms with Crippen LogP contribution in [-0.4, -0.2) is 63.8 Å². The van der Waals surface area contributed by atoms with Crippen molar-refractivity contribution in [3.8, 4) is 5.75 Å². The summed E-state index contributed by atoms with van der Waals surface area (Å²) in [5, 5.41) is 0.633. The molecule has 0 bridgehead atoms. The van der Waals surface area contributed by atoms with E-state index in [1.165, 1.54) is 11.3 Å². The molecule has 0 aliphatic carbocycles. The van der Waals surface area contributed by atoms with Gasteiger partial charge in [0.2, 0.25) is 5.91 Å². The first-order valence-electron chi connectivity index (χ1n) is 11.1. The van der Waals surface area contributed by atoms with E-state index in [2.05, 4.69) is 9.88 Å². The molecule has 3 aromatic rings. The van der Waals surface area contributed by atoms with Crippen LogP contribution < -0.4 is 9.64 Å². The Morgan fingerprint density at radius 1 is 1.06 bits per heavy atom. The Labute approximate surface area is 199 Å². The second-order valence-electron chi connectivity index (χ2n) is 8.00. The van der Waals surface area contributed by atoms with Crippen molar-refractivity contribution in [1.82, 2.24) is 9.88 Å². The molecule has 0 aliphatic rings. The van der Waals surface area contributed by atoms with Gasteiger partial charge < -0.3 is 9.64 Å². The van der Waals surface area contributed by atoms with Crippen LogP contribution in [0.2, 0.25) is 0 Å². The highest BCUT2D eigenvalue weighted by molar-refractivity contribution is 7.91. The zero-order chi connectivity index (χ0) is 23.8. The highest BCUT2D eigenvalue weighted by Crippen LogP contribution is 2.32. The summed E-state index contributed by atoms with van der Waals surface area (Å²) in [4.78, 5) is 21.9. The summed E-state index contributed by atoms with van der Waals surface area (Å²) in [5.74, 6) is 0.601. The molecule has 9 heteroatoms. The number of aromatic nitrogens is 1. The molecule has 0 atom stereocenters. The fraction of sp³-hybridized carbons (Fsp3) is 0.417. The lowest BCUT2D eigenvalue weighted by molar-refractivity contribution is -0.118. The van der Waals surface area contributed by atoms with E-state index in [0.717, 1.165) is 28.9 Å². The average molecular weight is 490 g/mol. The van der Waals surface area contributed by atoms with Crippen molar-refractivity contribution in [2.45, 2.75) is 31.1 Å². The van der Waals surface area contributed by atoms with E-state index in [0.29, 0.717) is 18.3 Å². The number of anilines is 1. The van der Waals surface area contributed by atoms with E-state index in [1.54, 1.807) is 35.2 Å². The van der Waals surface area contributed by atoms with Gasteiger partial charge in [0.15, 0.2) is 15.0 Å². The predicted octanol–water partition coefficient (Wildman–Crippen LogP) is 4.23. The maximum Gasteiger partial charge on any atom is 0.228 e. The normalized spacial score (nSPS) is 11.8. The van der Waals surface area contributed by atoms with Crippen molar-refractivity contribution >= 4 is 42.4 Å². The van der Waals surface area contributed by atoms with E-state index < -0.39 is 9.84 Å². The van der Waals surface area contributed by atoms with E-state index in [-0.39, 0.29) is 29.4 Å². The molecule has 33 heavy (non-hydrogen) atoms. The predicted molar refractivity (Wildman–Crippen MR) is 134 cm³/mol. The van der Waals surface area contributed by atoms with Crippen LogP contribution in [0.4, 0.5) is 5.13 Å². The van der Waals surface area contributed by atoms with Crippen molar-refractivity contribution in [3.05, 3.63) is 48.5 Å². The van der Waals surface area contributed by atoms with Crippen LogP contribution in [0.15, 0.2) is 53.4 Å². The summed E-state index contributed by atoms with van der Waals surface area (Å²) in [6.45, 7) is 3.88. The Balaban J connectivity index is 1.73. The monoisotopic (exact) mass is 489 g/mol. The largest absolute Gasteiger partial charge is 0.494 e. The van der Waals surface area contributed by atoms with Crippen LogP contribution in [0.1, 0.15) is 26.2 Å². The van der Waals surface area contributed by atoms with Gasteiger partial charge in [-0.05, 0) is 70.7 Å². The molecule has 0 spiro atoms. The van der Waals surface area contributed by atoms with E-state index in [4.69, 9.17) is 4.74 Å². The van der Waals surface area contributed by atoms with E-state index in [1.807, 2.05) is 39.2 Å². The Morgan fingerprint density at radius 2 is 1.82 bits per heavy atom. The Bertz CT molecular complexity index is 1160. The van der Waals surface area contributed by atoms with Crippen LogP contribution in [0.3, 0.4) is 0 Å². The van der Waals surface area contributed by atoms with E-state index >= 15 is 0 Å². The Morgan fingerprint density at radius 3 is 2.52 bits per heavy atom. The number of carbonyl (C=O) groups excluding carboxylic acids is 1. The summed E-state index contributed by atoms with van der Waals surface area (Å²) in [7, 11) is 0.578. The Hall–Kier alpha value is -2.49. The third-order valence-electron chi connectivity index (χ3n) is 5.08.